The number of hydrogen-bond acceptors (Lipinski definition) is 7. The highest BCUT2D eigenvalue weighted by Gasteiger charge is 2.29. The Morgan fingerprint density at radius 2 is 2.23 bits per heavy atom. The number of nitrogens with one attached hydrogen (secondary N) is 4. The summed E-state index contributed by atoms with van der Waals surface area (Å²) in [6.07, 6.45) is 3.78. The summed E-state index contributed by atoms with van der Waals surface area (Å²) in [6.45, 7) is 7.56. The summed E-state index contributed by atoms with van der Waals surface area (Å²) in [5, 5.41) is 17.6. The molecule has 2 aliphatic heterocycles. The second-order valence-electron chi connectivity index (χ2n) is 9.94. The summed E-state index contributed by atoms with van der Waals surface area (Å²) in [4.78, 5) is 34.6. The molecule has 0 spiro atoms. The SMILES string of the molecule is CC1(C)CNC(=O)c2cc3ccc(C(=O)Nc4cnc(NCC5CCOC5)c(C=N)c4)nc3n2C1. The minimum Gasteiger partial charge on any atom is -0.381 e. The third-order valence-corrected chi connectivity index (χ3v) is 6.44. The minimum absolute atomic E-state index is 0.140. The van der Waals surface area contributed by atoms with E-state index < -0.39 is 0 Å². The monoisotopic (exact) mass is 475 g/mol. The van der Waals surface area contributed by atoms with Crippen LogP contribution in [0.4, 0.5) is 11.5 Å². The topological polar surface area (TPSA) is 134 Å². The molecule has 5 heterocycles. The van der Waals surface area contributed by atoms with Crippen LogP contribution in [0.3, 0.4) is 0 Å². The molecule has 1 unspecified atom stereocenters. The number of rotatable bonds is 6. The van der Waals surface area contributed by atoms with E-state index in [1.807, 2.05) is 10.6 Å². The fourth-order valence-electron chi connectivity index (χ4n) is 4.48. The van der Waals surface area contributed by atoms with Gasteiger partial charge in [-0.2, -0.15) is 0 Å². The van der Waals surface area contributed by atoms with Crippen LogP contribution >= 0.6 is 0 Å². The number of amides is 2. The fourth-order valence-corrected chi connectivity index (χ4v) is 4.48. The van der Waals surface area contributed by atoms with Crippen molar-refractivity contribution in [2.75, 3.05) is 36.9 Å². The van der Waals surface area contributed by atoms with E-state index in [9.17, 15) is 9.59 Å². The first kappa shape index (κ1) is 23.0. The van der Waals surface area contributed by atoms with Gasteiger partial charge in [0.1, 0.15) is 22.9 Å². The zero-order valence-corrected chi connectivity index (χ0v) is 19.9. The summed E-state index contributed by atoms with van der Waals surface area (Å²) in [5.41, 5.74) is 2.28. The van der Waals surface area contributed by atoms with E-state index in [0.717, 1.165) is 31.6 Å². The predicted octanol–water partition coefficient (Wildman–Crippen LogP) is 2.90. The standard InChI is InChI=1S/C25H29N7O3/c1-25(2)13-29-24(34)20-8-16-3-4-19(31-22(16)32(20)14-25)23(33)30-18-7-17(9-26)21(28-11-18)27-10-15-5-6-35-12-15/h3-4,7-9,11,15,26H,5-6,10,12-14H2,1-2H3,(H,27,28)(H,29,34)(H,30,33). The molecule has 0 saturated carbocycles. The Morgan fingerprint density at radius 3 is 3.00 bits per heavy atom. The summed E-state index contributed by atoms with van der Waals surface area (Å²) in [7, 11) is 0. The number of anilines is 2. The van der Waals surface area contributed by atoms with Gasteiger partial charge in [-0.05, 0) is 30.7 Å². The second kappa shape index (κ2) is 9.10. The van der Waals surface area contributed by atoms with Gasteiger partial charge in [-0.15, -0.1) is 0 Å². The number of pyridine rings is 2. The van der Waals surface area contributed by atoms with Crippen LogP contribution in [0.5, 0.6) is 0 Å². The summed E-state index contributed by atoms with van der Waals surface area (Å²) >= 11 is 0. The van der Waals surface area contributed by atoms with Gasteiger partial charge in [-0.25, -0.2) is 9.97 Å². The van der Waals surface area contributed by atoms with Gasteiger partial charge in [-0.1, -0.05) is 13.8 Å². The second-order valence-corrected chi connectivity index (χ2v) is 9.94. The molecule has 5 rings (SSSR count). The lowest BCUT2D eigenvalue weighted by atomic mass is 9.94. The Bertz CT molecular complexity index is 1310. The van der Waals surface area contributed by atoms with Gasteiger partial charge in [0.15, 0.2) is 0 Å². The molecule has 10 nitrogen and oxygen atoms in total. The number of ether oxygens (including phenoxy) is 1. The average Bonchev–Trinajstić information content (AvgIpc) is 3.47. The maximum absolute atomic E-state index is 13.0. The predicted molar refractivity (Wildman–Crippen MR) is 133 cm³/mol. The highest BCUT2D eigenvalue weighted by Crippen LogP contribution is 2.27. The summed E-state index contributed by atoms with van der Waals surface area (Å²) in [5.74, 6) is 0.498. The van der Waals surface area contributed by atoms with E-state index in [-0.39, 0.29) is 22.9 Å². The third kappa shape index (κ3) is 4.74. The van der Waals surface area contributed by atoms with Crippen molar-refractivity contribution in [3.8, 4) is 0 Å². The Balaban J connectivity index is 1.36. The Kier molecular flexibility index (Phi) is 5.98. The van der Waals surface area contributed by atoms with Crippen LogP contribution in [0.15, 0.2) is 30.5 Å². The lowest BCUT2D eigenvalue weighted by Gasteiger charge is -2.22. The van der Waals surface area contributed by atoms with Crippen molar-refractivity contribution < 1.29 is 14.3 Å². The Hall–Kier alpha value is -3.79. The van der Waals surface area contributed by atoms with Crippen molar-refractivity contribution in [1.82, 2.24) is 19.9 Å². The first-order valence-corrected chi connectivity index (χ1v) is 11.7. The van der Waals surface area contributed by atoms with E-state index in [1.165, 1.54) is 6.21 Å². The molecule has 0 aromatic carbocycles. The molecule has 35 heavy (non-hydrogen) atoms. The Labute approximate surface area is 203 Å². The van der Waals surface area contributed by atoms with E-state index in [4.69, 9.17) is 10.1 Å². The largest absolute Gasteiger partial charge is 0.381 e. The smallest absolute Gasteiger partial charge is 0.274 e. The number of hydrogen-bond donors (Lipinski definition) is 4. The van der Waals surface area contributed by atoms with Crippen LogP contribution in [0, 0.1) is 16.7 Å². The average molecular weight is 476 g/mol. The maximum Gasteiger partial charge on any atom is 0.274 e. The molecule has 0 radical (unpaired) electrons. The number of carbonyl (C=O) groups excluding carboxylic acids is 2. The zero-order valence-electron chi connectivity index (χ0n) is 19.9. The van der Waals surface area contributed by atoms with Gasteiger partial charge in [0.2, 0.25) is 0 Å². The molecular formula is C25H29N7O3. The summed E-state index contributed by atoms with van der Waals surface area (Å²) < 4.78 is 7.29. The molecule has 3 aromatic rings. The van der Waals surface area contributed by atoms with Gasteiger partial charge in [0.05, 0.1) is 18.5 Å². The van der Waals surface area contributed by atoms with Crippen molar-refractivity contribution in [3.63, 3.8) is 0 Å². The van der Waals surface area contributed by atoms with Crippen LogP contribution in [-0.4, -0.2) is 58.9 Å². The first-order valence-electron chi connectivity index (χ1n) is 11.7. The Morgan fingerprint density at radius 1 is 1.37 bits per heavy atom. The lowest BCUT2D eigenvalue weighted by Crippen LogP contribution is -2.31. The van der Waals surface area contributed by atoms with Crippen molar-refractivity contribution in [1.29, 1.82) is 5.41 Å². The summed E-state index contributed by atoms with van der Waals surface area (Å²) in [6, 6.07) is 6.97. The molecule has 2 amide bonds. The molecule has 3 aromatic heterocycles. The minimum atomic E-state index is -0.388. The van der Waals surface area contributed by atoms with Crippen molar-refractivity contribution in [2.45, 2.75) is 26.8 Å². The normalized spacial score (nSPS) is 19.0. The third-order valence-electron chi connectivity index (χ3n) is 6.44. The van der Waals surface area contributed by atoms with E-state index in [0.29, 0.717) is 47.4 Å². The molecule has 0 aliphatic carbocycles. The van der Waals surface area contributed by atoms with Crippen LogP contribution in [0.1, 0.15) is 46.8 Å². The molecule has 2 aliphatic rings. The lowest BCUT2D eigenvalue weighted by molar-refractivity contribution is 0.0942. The number of aromatic nitrogens is 3. The van der Waals surface area contributed by atoms with Crippen LogP contribution in [-0.2, 0) is 11.3 Å². The molecule has 1 saturated heterocycles. The molecule has 10 heteroatoms. The molecule has 182 valence electrons. The highest BCUT2D eigenvalue weighted by atomic mass is 16.5. The van der Waals surface area contributed by atoms with Gasteiger partial charge >= 0.3 is 0 Å². The van der Waals surface area contributed by atoms with Crippen LogP contribution in [0.2, 0.25) is 0 Å². The van der Waals surface area contributed by atoms with Crippen molar-refractivity contribution in [2.24, 2.45) is 11.3 Å². The first-order chi connectivity index (χ1) is 16.8. The molecule has 1 atom stereocenters. The molecule has 4 N–H and O–H groups in total. The molecular weight excluding hydrogens is 446 g/mol. The van der Waals surface area contributed by atoms with Gasteiger partial charge in [0.25, 0.3) is 11.8 Å². The van der Waals surface area contributed by atoms with E-state index in [2.05, 4.69) is 39.8 Å². The highest BCUT2D eigenvalue weighted by molar-refractivity contribution is 6.05. The zero-order chi connectivity index (χ0) is 24.6. The van der Waals surface area contributed by atoms with Crippen molar-refractivity contribution in [3.05, 3.63) is 47.4 Å². The van der Waals surface area contributed by atoms with Gasteiger partial charge in [-0.3, -0.25) is 9.59 Å². The van der Waals surface area contributed by atoms with Crippen LogP contribution in [0.25, 0.3) is 11.0 Å². The molecule has 1 fully saturated rings. The van der Waals surface area contributed by atoms with Crippen molar-refractivity contribution >= 4 is 40.6 Å². The number of carbonyl (C=O) groups is 2. The molecule has 0 bridgehead atoms. The van der Waals surface area contributed by atoms with Crippen LogP contribution < -0.4 is 16.0 Å². The van der Waals surface area contributed by atoms with Gasteiger partial charge in [0, 0.05) is 54.7 Å². The van der Waals surface area contributed by atoms with E-state index in [1.54, 1.807) is 24.4 Å². The van der Waals surface area contributed by atoms with Gasteiger partial charge < -0.3 is 30.7 Å². The number of fused-ring (bicyclic) bond motifs is 3. The van der Waals surface area contributed by atoms with E-state index >= 15 is 0 Å². The fraction of sp³-hybridized carbons (Fsp3) is 0.400. The maximum atomic E-state index is 13.0. The number of nitrogens with zero attached hydrogens (tertiary/aromatic N) is 3. The quantitative estimate of drug-likeness (QED) is 0.405.